The number of nitrogens with two attached hydrogens (primary N) is 1. The van der Waals surface area contributed by atoms with Crippen molar-refractivity contribution in [3.05, 3.63) is 57.2 Å². The lowest BCUT2D eigenvalue weighted by Crippen LogP contribution is -1.99. The summed E-state index contributed by atoms with van der Waals surface area (Å²) in [7, 11) is 0. The van der Waals surface area contributed by atoms with Gasteiger partial charge in [-0.15, -0.1) is 0 Å². The van der Waals surface area contributed by atoms with Crippen molar-refractivity contribution in [2.45, 2.75) is 6.42 Å². The Kier molecular flexibility index (Phi) is 3.46. The second kappa shape index (κ2) is 4.85. The fourth-order valence-electron chi connectivity index (χ4n) is 1.48. The van der Waals surface area contributed by atoms with Gasteiger partial charge in [0.15, 0.2) is 0 Å². The summed E-state index contributed by atoms with van der Waals surface area (Å²) in [6, 6.07) is 9.87. The van der Waals surface area contributed by atoms with Crippen LogP contribution in [-0.2, 0) is 6.42 Å². The molecule has 0 unspecified atom stereocenters. The summed E-state index contributed by atoms with van der Waals surface area (Å²) in [5, 5.41) is 0.608. The van der Waals surface area contributed by atoms with Crippen molar-refractivity contribution in [1.29, 1.82) is 0 Å². The number of nitrogens with zero attached hydrogens (tertiary/aromatic N) is 1. The molecule has 4 heteroatoms. The molecule has 0 saturated heterocycles. The van der Waals surface area contributed by atoms with Crippen molar-refractivity contribution in [3.63, 3.8) is 0 Å². The molecule has 0 saturated carbocycles. The first-order valence-corrected chi connectivity index (χ1v) is 5.97. The van der Waals surface area contributed by atoms with Crippen LogP contribution in [0.2, 0.25) is 5.02 Å². The lowest BCUT2D eigenvalue weighted by molar-refractivity contribution is 1.15. The van der Waals surface area contributed by atoms with Crippen LogP contribution in [0.4, 0.5) is 5.82 Å². The summed E-state index contributed by atoms with van der Waals surface area (Å²) in [6.45, 7) is 0. The standard InChI is InChI=1S/C12H10BrClN2/c13-11-4-2-1-3-8(11)5-9-6-10(14)7-16-12(9)15/h1-4,6-7H,5H2,(H2,15,16). The van der Waals surface area contributed by atoms with Gasteiger partial charge in [0.25, 0.3) is 0 Å². The van der Waals surface area contributed by atoms with Gasteiger partial charge in [0.05, 0.1) is 5.02 Å². The number of pyridine rings is 1. The van der Waals surface area contributed by atoms with Gasteiger partial charge in [0.2, 0.25) is 0 Å². The van der Waals surface area contributed by atoms with E-state index in [4.69, 9.17) is 17.3 Å². The number of nitrogen functional groups attached to an aromatic ring is 1. The average molecular weight is 298 g/mol. The van der Waals surface area contributed by atoms with Crippen LogP contribution in [0.15, 0.2) is 41.0 Å². The summed E-state index contributed by atoms with van der Waals surface area (Å²) < 4.78 is 1.06. The number of benzene rings is 1. The Hall–Kier alpha value is -1.06. The van der Waals surface area contributed by atoms with E-state index in [1.54, 1.807) is 6.20 Å². The lowest BCUT2D eigenvalue weighted by Gasteiger charge is -2.07. The molecule has 2 nitrogen and oxygen atoms in total. The van der Waals surface area contributed by atoms with Gasteiger partial charge in [-0.3, -0.25) is 0 Å². The second-order valence-corrected chi connectivity index (χ2v) is 4.76. The molecule has 0 fully saturated rings. The summed E-state index contributed by atoms with van der Waals surface area (Å²) >= 11 is 9.40. The van der Waals surface area contributed by atoms with Crippen molar-refractivity contribution in [2.75, 3.05) is 5.73 Å². The number of hydrogen-bond donors (Lipinski definition) is 1. The van der Waals surface area contributed by atoms with Gasteiger partial charge in [0, 0.05) is 22.7 Å². The van der Waals surface area contributed by atoms with E-state index in [0.29, 0.717) is 10.8 Å². The Balaban J connectivity index is 2.34. The van der Waals surface area contributed by atoms with Crippen molar-refractivity contribution in [1.82, 2.24) is 4.98 Å². The molecule has 1 heterocycles. The third-order valence-electron chi connectivity index (χ3n) is 2.31. The van der Waals surface area contributed by atoms with Crippen molar-refractivity contribution in [3.8, 4) is 0 Å². The molecule has 0 radical (unpaired) electrons. The van der Waals surface area contributed by atoms with Crippen LogP contribution in [-0.4, -0.2) is 4.98 Å². The second-order valence-electron chi connectivity index (χ2n) is 3.47. The van der Waals surface area contributed by atoms with Gasteiger partial charge in [-0.1, -0.05) is 45.7 Å². The van der Waals surface area contributed by atoms with E-state index in [1.165, 1.54) is 5.56 Å². The van der Waals surface area contributed by atoms with Gasteiger partial charge in [-0.2, -0.15) is 0 Å². The molecular formula is C12H10BrClN2. The molecule has 0 atom stereocenters. The molecule has 2 N–H and O–H groups in total. The van der Waals surface area contributed by atoms with E-state index in [0.717, 1.165) is 16.5 Å². The molecule has 0 aliphatic carbocycles. The number of hydrogen-bond acceptors (Lipinski definition) is 2. The summed E-state index contributed by atoms with van der Waals surface area (Å²) in [6.07, 6.45) is 2.28. The zero-order valence-electron chi connectivity index (χ0n) is 8.45. The molecule has 0 bridgehead atoms. The molecule has 1 aromatic carbocycles. The largest absolute Gasteiger partial charge is 0.383 e. The minimum Gasteiger partial charge on any atom is -0.383 e. The number of rotatable bonds is 2. The number of aromatic nitrogens is 1. The topological polar surface area (TPSA) is 38.9 Å². The SMILES string of the molecule is Nc1ncc(Cl)cc1Cc1ccccc1Br. The van der Waals surface area contributed by atoms with Crippen LogP contribution in [0.5, 0.6) is 0 Å². The summed E-state index contributed by atoms with van der Waals surface area (Å²) in [5.74, 6) is 0.528. The lowest BCUT2D eigenvalue weighted by atomic mass is 10.1. The molecule has 0 spiro atoms. The fraction of sp³-hybridized carbons (Fsp3) is 0.0833. The Morgan fingerprint density at radius 3 is 2.75 bits per heavy atom. The fourth-order valence-corrected chi connectivity index (χ4v) is 2.09. The third-order valence-corrected chi connectivity index (χ3v) is 3.29. The van der Waals surface area contributed by atoms with Crippen LogP contribution < -0.4 is 5.73 Å². The maximum atomic E-state index is 5.89. The highest BCUT2D eigenvalue weighted by molar-refractivity contribution is 9.10. The van der Waals surface area contributed by atoms with E-state index >= 15 is 0 Å². The maximum absolute atomic E-state index is 5.89. The quantitative estimate of drug-likeness (QED) is 0.918. The highest BCUT2D eigenvalue weighted by atomic mass is 79.9. The van der Waals surface area contributed by atoms with Crippen LogP contribution in [0.3, 0.4) is 0 Å². The smallest absolute Gasteiger partial charge is 0.126 e. The predicted octanol–water partition coefficient (Wildman–Crippen LogP) is 3.67. The zero-order valence-corrected chi connectivity index (χ0v) is 10.8. The highest BCUT2D eigenvalue weighted by Crippen LogP contribution is 2.23. The third kappa shape index (κ3) is 2.54. The van der Waals surface area contributed by atoms with E-state index < -0.39 is 0 Å². The van der Waals surface area contributed by atoms with Gasteiger partial charge in [-0.05, 0) is 17.7 Å². The van der Waals surface area contributed by atoms with Crippen molar-refractivity contribution >= 4 is 33.3 Å². The van der Waals surface area contributed by atoms with E-state index in [1.807, 2.05) is 30.3 Å². The molecule has 0 aliphatic rings. The summed E-state index contributed by atoms with van der Waals surface area (Å²) in [5.41, 5.74) is 7.91. The molecule has 82 valence electrons. The highest BCUT2D eigenvalue weighted by Gasteiger charge is 2.05. The minimum absolute atomic E-state index is 0.528. The summed E-state index contributed by atoms with van der Waals surface area (Å²) in [4.78, 5) is 4.04. The first-order valence-electron chi connectivity index (χ1n) is 4.80. The average Bonchev–Trinajstić information content (AvgIpc) is 2.27. The Bertz CT molecular complexity index is 514. The first-order chi connectivity index (χ1) is 7.66. The van der Waals surface area contributed by atoms with Gasteiger partial charge in [-0.25, -0.2) is 4.98 Å². The Labute approximate surface area is 108 Å². The maximum Gasteiger partial charge on any atom is 0.126 e. The number of halogens is 2. The molecule has 16 heavy (non-hydrogen) atoms. The van der Waals surface area contributed by atoms with E-state index in [-0.39, 0.29) is 0 Å². The molecule has 0 aliphatic heterocycles. The van der Waals surface area contributed by atoms with Crippen LogP contribution in [0.1, 0.15) is 11.1 Å². The van der Waals surface area contributed by atoms with Crippen LogP contribution in [0, 0.1) is 0 Å². The van der Waals surface area contributed by atoms with Crippen LogP contribution >= 0.6 is 27.5 Å². The minimum atomic E-state index is 0.528. The Morgan fingerprint density at radius 1 is 1.25 bits per heavy atom. The molecule has 2 rings (SSSR count). The van der Waals surface area contributed by atoms with Crippen molar-refractivity contribution in [2.24, 2.45) is 0 Å². The monoisotopic (exact) mass is 296 g/mol. The molecule has 2 aromatic rings. The predicted molar refractivity (Wildman–Crippen MR) is 70.6 cm³/mol. The molecule has 1 aromatic heterocycles. The van der Waals surface area contributed by atoms with Crippen LogP contribution in [0.25, 0.3) is 0 Å². The molecule has 0 amide bonds. The van der Waals surface area contributed by atoms with E-state index in [2.05, 4.69) is 20.9 Å². The normalized spacial score (nSPS) is 10.4. The van der Waals surface area contributed by atoms with E-state index in [9.17, 15) is 0 Å². The van der Waals surface area contributed by atoms with Gasteiger partial charge >= 0.3 is 0 Å². The number of anilines is 1. The first kappa shape index (κ1) is 11.4. The van der Waals surface area contributed by atoms with Crippen molar-refractivity contribution < 1.29 is 0 Å². The van der Waals surface area contributed by atoms with Gasteiger partial charge in [0.1, 0.15) is 5.82 Å². The Morgan fingerprint density at radius 2 is 2.00 bits per heavy atom. The van der Waals surface area contributed by atoms with Gasteiger partial charge < -0.3 is 5.73 Å². The molecular weight excluding hydrogens is 288 g/mol. The zero-order chi connectivity index (χ0) is 11.5.